The second-order valence-electron chi connectivity index (χ2n) is 2.80. The van der Waals surface area contributed by atoms with Crippen molar-refractivity contribution in [2.45, 2.75) is 30.6 Å². The van der Waals surface area contributed by atoms with Crippen LogP contribution < -0.4 is 5.73 Å². The van der Waals surface area contributed by atoms with Crippen molar-refractivity contribution < 1.29 is 25.2 Å². The van der Waals surface area contributed by atoms with Crippen LogP contribution in [0.3, 0.4) is 0 Å². The quantitative estimate of drug-likeness (QED) is 0.304. The van der Waals surface area contributed by atoms with Crippen LogP contribution in [0.5, 0.6) is 0 Å². The molecule has 0 aromatic rings. The fourth-order valence-electron chi connectivity index (χ4n) is 1.15. The molecule has 0 spiro atoms. The van der Waals surface area contributed by atoms with E-state index in [1.165, 1.54) is 0 Å². The van der Waals surface area contributed by atoms with Gasteiger partial charge in [-0.05, 0) is 0 Å². The van der Waals surface area contributed by atoms with Gasteiger partial charge in [0.15, 0.2) is 0 Å². The van der Waals surface area contributed by atoms with Crippen molar-refractivity contribution in [1.29, 1.82) is 0 Å². The molecule has 0 bridgehead atoms. The molecule has 1 aliphatic rings. The van der Waals surface area contributed by atoms with E-state index in [0.29, 0.717) is 0 Å². The van der Waals surface area contributed by atoms with Gasteiger partial charge < -0.3 is 30.9 Å². The van der Waals surface area contributed by atoms with Gasteiger partial charge >= 0.3 is 0 Å². The third-order valence-electron chi connectivity index (χ3n) is 1.90. The average Bonchev–Trinajstić information content (AvgIpc) is 2.32. The molecule has 72 valence electrons. The molecular weight excluding hydrogens is 166 g/mol. The Hall–Kier alpha value is -0.240. The Bertz CT molecular complexity index is 155. The first-order chi connectivity index (χ1) is 5.57. The zero-order valence-electron chi connectivity index (χ0n) is 6.37. The Kier molecular flexibility index (Phi) is 2.99. The minimum absolute atomic E-state index is 0.541. The van der Waals surface area contributed by atoms with Crippen LogP contribution in [0, 0.1) is 0 Å². The maximum absolute atomic E-state index is 9.20. The van der Waals surface area contributed by atoms with E-state index >= 15 is 0 Å². The second kappa shape index (κ2) is 3.65. The van der Waals surface area contributed by atoms with Crippen molar-refractivity contribution in [3.8, 4) is 0 Å². The number of nitrogens with two attached hydrogens (primary N) is 1. The van der Waals surface area contributed by atoms with Gasteiger partial charge in [0.1, 0.15) is 30.6 Å². The molecule has 0 aromatic heterocycles. The lowest BCUT2D eigenvalue weighted by atomic mass is 10.1. The minimum atomic E-state index is -1.25. The molecule has 5 atom stereocenters. The zero-order chi connectivity index (χ0) is 9.30. The molecule has 1 saturated heterocycles. The molecular formula is C6H13NO5. The molecule has 0 saturated carbocycles. The maximum Gasteiger partial charge on any atom is 0.135 e. The molecule has 1 aliphatic heterocycles. The van der Waals surface area contributed by atoms with Gasteiger partial charge in [0.25, 0.3) is 0 Å². The number of hydrogen-bond donors (Lipinski definition) is 5. The van der Waals surface area contributed by atoms with Crippen molar-refractivity contribution in [3.05, 3.63) is 0 Å². The summed E-state index contributed by atoms with van der Waals surface area (Å²) in [5, 5.41) is 35.9. The van der Waals surface area contributed by atoms with Crippen molar-refractivity contribution in [2.75, 3.05) is 6.61 Å². The molecule has 12 heavy (non-hydrogen) atoms. The first-order valence-corrected chi connectivity index (χ1v) is 3.64. The predicted molar refractivity (Wildman–Crippen MR) is 38.0 cm³/mol. The number of aliphatic hydroxyl groups excluding tert-OH is 4. The van der Waals surface area contributed by atoms with Crippen LogP contribution in [-0.4, -0.2) is 57.7 Å². The SMILES string of the molecule is N[C@H]1O[C@H]([C@H](O)CO)[C@H](O)[C@H]1O. The summed E-state index contributed by atoms with van der Waals surface area (Å²) in [6.07, 6.45) is -5.70. The van der Waals surface area contributed by atoms with Crippen LogP contribution in [0.15, 0.2) is 0 Å². The molecule has 6 N–H and O–H groups in total. The Morgan fingerprint density at radius 3 is 2.25 bits per heavy atom. The first-order valence-electron chi connectivity index (χ1n) is 3.64. The minimum Gasteiger partial charge on any atom is -0.394 e. The van der Waals surface area contributed by atoms with Gasteiger partial charge in [0.05, 0.1) is 6.61 Å². The van der Waals surface area contributed by atoms with Gasteiger partial charge in [-0.2, -0.15) is 0 Å². The first kappa shape index (κ1) is 9.85. The third kappa shape index (κ3) is 1.58. The van der Waals surface area contributed by atoms with Gasteiger partial charge in [-0.3, -0.25) is 0 Å². The van der Waals surface area contributed by atoms with E-state index in [9.17, 15) is 5.11 Å². The topological polar surface area (TPSA) is 116 Å². The highest BCUT2D eigenvalue weighted by Gasteiger charge is 2.43. The van der Waals surface area contributed by atoms with E-state index in [0.717, 1.165) is 0 Å². The molecule has 1 rings (SSSR count). The smallest absolute Gasteiger partial charge is 0.135 e. The van der Waals surface area contributed by atoms with Gasteiger partial charge in [-0.15, -0.1) is 0 Å². The lowest BCUT2D eigenvalue weighted by Gasteiger charge is -2.18. The van der Waals surface area contributed by atoms with Crippen molar-refractivity contribution in [1.82, 2.24) is 0 Å². The molecule has 6 heteroatoms. The largest absolute Gasteiger partial charge is 0.394 e. The summed E-state index contributed by atoms with van der Waals surface area (Å²) >= 11 is 0. The van der Waals surface area contributed by atoms with Gasteiger partial charge in [-0.25, -0.2) is 0 Å². The van der Waals surface area contributed by atoms with Crippen molar-refractivity contribution in [3.63, 3.8) is 0 Å². The monoisotopic (exact) mass is 179 g/mol. The van der Waals surface area contributed by atoms with E-state index in [2.05, 4.69) is 0 Å². The Labute approximate surface area is 69.2 Å². The standard InChI is InChI=1S/C6H13NO5/c7-6-4(11)3(10)5(12-6)2(9)1-8/h2-6,8-11H,1,7H2/t2-,3-,4-,5-,6+/m1/s1. The van der Waals surface area contributed by atoms with Crippen LogP contribution in [0.4, 0.5) is 0 Å². The second-order valence-corrected chi connectivity index (χ2v) is 2.80. The highest BCUT2D eigenvalue weighted by Crippen LogP contribution is 2.20. The van der Waals surface area contributed by atoms with Crippen molar-refractivity contribution in [2.24, 2.45) is 5.73 Å². The van der Waals surface area contributed by atoms with Crippen LogP contribution in [0.2, 0.25) is 0 Å². The summed E-state index contributed by atoms with van der Waals surface area (Å²) in [6, 6.07) is 0. The Morgan fingerprint density at radius 2 is 1.92 bits per heavy atom. The summed E-state index contributed by atoms with van der Waals surface area (Å²) in [5.74, 6) is 0. The van der Waals surface area contributed by atoms with E-state index in [-0.39, 0.29) is 0 Å². The third-order valence-corrected chi connectivity index (χ3v) is 1.90. The van der Waals surface area contributed by atoms with Crippen LogP contribution in [-0.2, 0) is 4.74 Å². The van der Waals surface area contributed by atoms with Crippen molar-refractivity contribution >= 4 is 0 Å². The van der Waals surface area contributed by atoms with E-state index in [1.54, 1.807) is 0 Å². The molecule has 0 amide bonds. The molecule has 0 unspecified atom stereocenters. The summed E-state index contributed by atoms with van der Waals surface area (Å²) in [4.78, 5) is 0. The normalized spacial score (nSPS) is 44.8. The maximum atomic E-state index is 9.20. The van der Waals surface area contributed by atoms with Gasteiger partial charge in [0, 0.05) is 0 Å². The molecule has 1 fully saturated rings. The zero-order valence-corrected chi connectivity index (χ0v) is 6.37. The fourth-order valence-corrected chi connectivity index (χ4v) is 1.15. The Morgan fingerprint density at radius 1 is 1.33 bits per heavy atom. The highest BCUT2D eigenvalue weighted by molar-refractivity contribution is 4.91. The summed E-state index contributed by atoms with van der Waals surface area (Å²) in [7, 11) is 0. The number of rotatable bonds is 2. The molecule has 0 radical (unpaired) electrons. The fraction of sp³-hybridized carbons (Fsp3) is 1.00. The predicted octanol–water partition coefficient (Wildman–Crippen LogP) is -3.25. The van der Waals surface area contributed by atoms with Crippen LogP contribution in [0.1, 0.15) is 0 Å². The van der Waals surface area contributed by atoms with Crippen LogP contribution >= 0.6 is 0 Å². The van der Waals surface area contributed by atoms with Crippen LogP contribution in [0.25, 0.3) is 0 Å². The molecule has 1 heterocycles. The lowest BCUT2D eigenvalue weighted by molar-refractivity contribution is -0.0803. The van der Waals surface area contributed by atoms with E-state index < -0.39 is 37.3 Å². The molecule has 0 aliphatic carbocycles. The molecule has 6 nitrogen and oxygen atoms in total. The Balaban J connectivity index is 2.58. The summed E-state index contributed by atoms with van der Waals surface area (Å²) < 4.78 is 4.81. The van der Waals surface area contributed by atoms with Gasteiger partial charge in [0.2, 0.25) is 0 Å². The number of aliphatic hydroxyl groups is 4. The van der Waals surface area contributed by atoms with E-state index in [1.807, 2.05) is 0 Å². The summed E-state index contributed by atoms with van der Waals surface area (Å²) in [6.45, 7) is -0.541. The average molecular weight is 179 g/mol. The number of ether oxygens (including phenoxy) is 1. The summed E-state index contributed by atoms with van der Waals surface area (Å²) in [5.41, 5.74) is 5.23. The number of hydrogen-bond acceptors (Lipinski definition) is 6. The van der Waals surface area contributed by atoms with Gasteiger partial charge in [-0.1, -0.05) is 0 Å². The highest BCUT2D eigenvalue weighted by atomic mass is 16.6. The van der Waals surface area contributed by atoms with E-state index in [4.69, 9.17) is 25.8 Å². The molecule has 0 aromatic carbocycles. The lowest BCUT2D eigenvalue weighted by Crippen LogP contribution is -2.40.